The summed E-state index contributed by atoms with van der Waals surface area (Å²) in [5.41, 5.74) is 2.47. The molecular formula is C20H21N3O5S. The van der Waals surface area contributed by atoms with Gasteiger partial charge in [0, 0.05) is 5.69 Å². The highest BCUT2D eigenvalue weighted by Gasteiger charge is 2.21. The number of urea groups is 1. The lowest BCUT2D eigenvalue weighted by atomic mass is 10.2. The predicted molar refractivity (Wildman–Crippen MR) is 110 cm³/mol. The minimum Gasteiger partial charge on any atom is -0.462 e. The minimum absolute atomic E-state index is 0.0179. The number of hydrogen-bond acceptors (Lipinski definition) is 6. The molecule has 2 amide bonds. The van der Waals surface area contributed by atoms with E-state index in [4.69, 9.17) is 4.74 Å². The molecule has 0 fully saturated rings. The zero-order valence-electron chi connectivity index (χ0n) is 16.0. The maximum absolute atomic E-state index is 12.6. The highest BCUT2D eigenvalue weighted by atomic mass is 32.2. The van der Waals surface area contributed by atoms with Crippen LogP contribution in [0.5, 0.6) is 0 Å². The largest absolute Gasteiger partial charge is 0.462 e. The number of benzene rings is 2. The molecule has 0 saturated carbocycles. The lowest BCUT2D eigenvalue weighted by Gasteiger charge is -2.09. The number of hydrazone groups is 1. The fourth-order valence-electron chi connectivity index (χ4n) is 2.20. The molecule has 0 bridgehead atoms. The molecule has 9 heteroatoms. The number of anilines is 1. The second-order valence-corrected chi connectivity index (χ2v) is 7.54. The molecule has 2 aromatic rings. The molecule has 152 valence electrons. The Balaban J connectivity index is 2.25. The normalized spacial score (nSPS) is 12.2. The van der Waals surface area contributed by atoms with Gasteiger partial charge in [-0.3, -0.25) is 0 Å². The highest BCUT2D eigenvalue weighted by Crippen LogP contribution is 2.15. The monoisotopic (exact) mass is 415 g/mol. The maximum Gasteiger partial charge on any atom is 0.340 e. The molecular weight excluding hydrogens is 394 g/mol. The van der Waals surface area contributed by atoms with E-state index in [2.05, 4.69) is 15.8 Å². The van der Waals surface area contributed by atoms with E-state index in [0.29, 0.717) is 5.69 Å². The van der Waals surface area contributed by atoms with E-state index in [1.807, 2.05) is 0 Å². The van der Waals surface area contributed by atoms with Gasteiger partial charge in [-0.15, -0.1) is 0 Å². The average Bonchev–Trinajstić information content (AvgIpc) is 2.72. The first-order valence-electron chi connectivity index (χ1n) is 8.69. The van der Waals surface area contributed by atoms with Crippen molar-refractivity contribution in [1.82, 2.24) is 5.43 Å². The summed E-state index contributed by atoms with van der Waals surface area (Å²) in [6, 6.07) is 15.7. The summed E-state index contributed by atoms with van der Waals surface area (Å²) < 4.78 is 30.1. The van der Waals surface area contributed by atoms with Gasteiger partial charge in [0.15, 0.2) is 0 Å². The SMILES string of the molecule is CCOC(=O)C(=C/S(=O)(=O)c1ccccc1)/C(C)=N/NC(=O)Nc1ccccc1. The van der Waals surface area contributed by atoms with Crippen molar-refractivity contribution in [2.45, 2.75) is 18.7 Å². The average molecular weight is 415 g/mol. The van der Waals surface area contributed by atoms with Crippen LogP contribution in [0.3, 0.4) is 0 Å². The fraction of sp³-hybridized carbons (Fsp3) is 0.150. The second kappa shape index (κ2) is 10.2. The summed E-state index contributed by atoms with van der Waals surface area (Å²) in [6.45, 7) is 3.04. The van der Waals surface area contributed by atoms with Gasteiger partial charge in [-0.25, -0.2) is 23.4 Å². The summed E-state index contributed by atoms with van der Waals surface area (Å²) >= 11 is 0. The summed E-state index contributed by atoms with van der Waals surface area (Å²) in [5, 5.41) is 7.16. The van der Waals surface area contributed by atoms with Crippen LogP contribution in [0, 0.1) is 0 Å². The van der Waals surface area contributed by atoms with Gasteiger partial charge in [0.05, 0.1) is 28.2 Å². The molecule has 2 N–H and O–H groups in total. The molecule has 0 saturated heterocycles. The van der Waals surface area contributed by atoms with Crippen molar-refractivity contribution >= 4 is 33.2 Å². The first-order chi connectivity index (χ1) is 13.8. The molecule has 0 aliphatic rings. The first kappa shape index (κ1) is 21.8. The Kier molecular flexibility index (Phi) is 7.67. The minimum atomic E-state index is -3.93. The molecule has 0 aliphatic heterocycles. The molecule has 0 radical (unpaired) electrons. The van der Waals surface area contributed by atoms with Crippen molar-refractivity contribution in [2.75, 3.05) is 11.9 Å². The van der Waals surface area contributed by atoms with Crippen LogP contribution in [-0.2, 0) is 19.4 Å². The van der Waals surface area contributed by atoms with Crippen LogP contribution in [0.15, 0.2) is 81.6 Å². The van der Waals surface area contributed by atoms with E-state index < -0.39 is 21.8 Å². The lowest BCUT2D eigenvalue weighted by Crippen LogP contribution is -2.26. The third-order valence-electron chi connectivity index (χ3n) is 3.59. The molecule has 0 heterocycles. The van der Waals surface area contributed by atoms with E-state index in [-0.39, 0.29) is 22.8 Å². The van der Waals surface area contributed by atoms with Crippen LogP contribution in [0.25, 0.3) is 0 Å². The third-order valence-corrected chi connectivity index (χ3v) is 5.06. The van der Waals surface area contributed by atoms with Crippen LogP contribution < -0.4 is 10.7 Å². The van der Waals surface area contributed by atoms with Gasteiger partial charge in [0.2, 0.25) is 9.84 Å². The van der Waals surface area contributed by atoms with Crippen molar-refractivity contribution in [1.29, 1.82) is 0 Å². The Bertz CT molecular complexity index is 1020. The van der Waals surface area contributed by atoms with Gasteiger partial charge < -0.3 is 10.1 Å². The van der Waals surface area contributed by atoms with Gasteiger partial charge in [-0.1, -0.05) is 36.4 Å². The third kappa shape index (κ3) is 6.58. The lowest BCUT2D eigenvalue weighted by molar-refractivity contribution is -0.137. The van der Waals surface area contributed by atoms with Crippen LogP contribution in [-0.4, -0.2) is 32.7 Å². The smallest absolute Gasteiger partial charge is 0.340 e. The topological polar surface area (TPSA) is 114 Å². The molecule has 0 atom stereocenters. The Morgan fingerprint density at radius 1 is 1.03 bits per heavy atom. The zero-order chi connectivity index (χ0) is 21.3. The first-order valence-corrected chi connectivity index (χ1v) is 10.2. The highest BCUT2D eigenvalue weighted by molar-refractivity contribution is 7.94. The quantitative estimate of drug-likeness (QED) is 0.312. The van der Waals surface area contributed by atoms with Gasteiger partial charge >= 0.3 is 12.0 Å². The number of ether oxygens (including phenoxy) is 1. The van der Waals surface area contributed by atoms with Crippen LogP contribution in [0.2, 0.25) is 0 Å². The number of sulfone groups is 1. The molecule has 2 aromatic carbocycles. The number of para-hydroxylation sites is 1. The molecule has 0 unspecified atom stereocenters. The molecule has 0 aliphatic carbocycles. The Morgan fingerprint density at radius 3 is 2.21 bits per heavy atom. The van der Waals surface area contributed by atoms with Crippen molar-refractivity contribution in [2.24, 2.45) is 5.10 Å². The van der Waals surface area contributed by atoms with Gasteiger partial charge in [-0.2, -0.15) is 5.10 Å². The van der Waals surface area contributed by atoms with E-state index in [0.717, 1.165) is 5.41 Å². The molecule has 29 heavy (non-hydrogen) atoms. The standard InChI is InChI=1S/C20H21N3O5S/c1-3-28-19(24)18(14-29(26,27)17-12-8-5-9-13-17)15(2)22-23-20(25)21-16-10-6-4-7-11-16/h4-14H,3H2,1-2H3,(H2,21,23,25)/b18-14+,22-15+. The van der Waals surface area contributed by atoms with E-state index in [1.165, 1.54) is 19.1 Å². The van der Waals surface area contributed by atoms with Gasteiger partial charge in [0.1, 0.15) is 0 Å². The van der Waals surface area contributed by atoms with Gasteiger partial charge in [0.25, 0.3) is 0 Å². The molecule has 2 rings (SSSR count). The van der Waals surface area contributed by atoms with Crippen LogP contribution in [0.1, 0.15) is 13.8 Å². The number of hydrogen-bond donors (Lipinski definition) is 2. The zero-order valence-corrected chi connectivity index (χ0v) is 16.8. The van der Waals surface area contributed by atoms with Crippen LogP contribution in [0.4, 0.5) is 10.5 Å². The van der Waals surface area contributed by atoms with Crippen molar-refractivity contribution < 1.29 is 22.7 Å². The van der Waals surface area contributed by atoms with E-state index in [1.54, 1.807) is 55.5 Å². The number of nitrogens with zero attached hydrogens (tertiary/aromatic N) is 1. The Labute approximate surface area is 169 Å². The Hall–Kier alpha value is -3.46. The predicted octanol–water partition coefficient (Wildman–Crippen LogP) is 3.10. The van der Waals surface area contributed by atoms with E-state index >= 15 is 0 Å². The maximum atomic E-state index is 12.6. The number of carbonyl (C=O) groups excluding carboxylic acids is 2. The van der Waals surface area contributed by atoms with Crippen molar-refractivity contribution in [3.63, 3.8) is 0 Å². The summed E-state index contributed by atoms with van der Waals surface area (Å²) in [7, 11) is -3.93. The number of esters is 1. The number of carbonyl (C=O) groups is 2. The van der Waals surface area contributed by atoms with E-state index in [9.17, 15) is 18.0 Å². The summed E-state index contributed by atoms with van der Waals surface area (Å²) in [5.74, 6) is -0.862. The molecule has 8 nitrogen and oxygen atoms in total. The fourth-order valence-corrected chi connectivity index (χ4v) is 3.45. The summed E-state index contributed by atoms with van der Waals surface area (Å²) in [4.78, 5) is 24.2. The number of amides is 2. The van der Waals surface area contributed by atoms with Crippen LogP contribution >= 0.6 is 0 Å². The van der Waals surface area contributed by atoms with Crippen molar-refractivity contribution in [3.8, 4) is 0 Å². The second-order valence-electron chi connectivity index (χ2n) is 5.74. The van der Waals surface area contributed by atoms with Gasteiger partial charge in [-0.05, 0) is 38.1 Å². The van der Waals surface area contributed by atoms with Crippen molar-refractivity contribution in [3.05, 3.63) is 71.6 Å². The number of rotatable bonds is 7. The molecule has 0 aromatic heterocycles. The summed E-state index contributed by atoms with van der Waals surface area (Å²) in [6.07, 6.45) is 0. The number of nitrogens with one attached hydrogen (secondary N) is 2. The molecule has 0 spiro atoms. The Morgan fingerprint density at radius 2 is 1.62 bits per heavy atom.